The molecule has 0 aliphatic heterocycles. The van der Waals surface area contributed by atoms with Crippen LogP contribution >= 0.6 is 23.1 Å². The Morgan fingerprint density at radius 2 is 2.04 bits per heavy atom. The molecular weight excluding hydrogens is 342 g/mol. The van der Waals surface area contributed by atoms with Crippen LogP contribution in [0.2, 0.25) is 0 Å². The van der Waals surface area contributed by atoms with Crippen molar-refractivity contribution in [2.75, 3.05) is 18.8 Å². The van der Waals surface area contributed by atoms with E-state index in [-0.39, 0.29) is 17.2 Å². The third kappa shape index (κ3) is 3.57. The monoisotopic (exact) mass is 365 g/mol. The number of aryl methyl sites for hydroxylation is 2. The van der Waals surface area contributed by atoms with Gasteiger partial charge in [0.25, 0.3) is 5.56 Å². The van der Waals surface area contributed by atoms with Crippen molar-refractivity contribution >= 4 is 39.2 Å². The van der Waals surface area contributed by atoms with E-state index < -0.39 is 0 Å². The van der Waals surface area contributed by atoms with Crippen molar-refractivity contribution in [2.45, 2.75) is 39.4 Å². The SMILES string of the molecule is C=CCn1c(SCC(=O)N(CC)CC)nc2sc(C)c(C)c2c1=O. The molecule has 1 amide bonds. The lowest BCUT2D eigenvalue weighted by Gasteiger charge is -2.18. The smallest absolute Gasteiger partial charge is 0.263 e. The Labute approximate surface area is 150 Å². The molecule has 2 aromatic rings. The summed E-state index contributed by atoms with van der Waals surface area (Å²) in [7, 11) is 0. The Kier molecular flexibility index (Phi) is 6.23. The van der Waals surface area contributed by atoms with Crippen LogP contribution in [0.1, 0.15) is 24.3 Å². The van der Waals surface area contributed by atoms with Crippen molar-refractivity contribution in [1.82, 2.24) is 14.5 Å². The number of hydrogen-bond donors (Lipinski definition) is 0. The van der Waals surface area contributed by atoms with E-state index in [1.807, 2.05) is 27.7 Å². The van der Waals surface area contributed by atoms with E-state index in [2.05, 4.69) is 11.6 Å². The Morgan fingerprint density at radius 3 is 2.62 bits per heavy atom. The number of amides is 1. The molecule has 0 fully saturated rings. The summed E-state index contributed by atoms with van der Waals surface area (Å²) < 4.78 is 1.61. The van der Waals surface area contributed by atoms with Crippen molar-refractivity contribution in [1.29, 1.82) is 0 Å². The topological polar surface area (TPSA) is 55.2 Å². The minimum Gasteiger partial charge on any atom is -0.343 e. The second-order valence-electron chi connectivity index (χ2n) is 5.42. The molecule has 0 aliphatic carbocycles. The predicted octanol–water partition coefficient (Wildman–Crippen LogP) is 3.22. The van der Waals surface area contributed by atoms with Crippen molar-refractivity contribution in [3.63, 3.8) is 0 Å². The summed E-state index contributed by atoms with van der Waals surface area (Å²) in [4.78, 5) is 33.3. The molecule has 0 unspecified atom stereocenters. The highest BCUT2D eigenvalue weighted by molar-refractivity contribution is 7.99. The molecule has 2 aromatic heterocycles. The van der Waals surface area contributed by atoms with Gasteiger partial charge in [-0.25, -0.2) is 4.98 Å². The first-order valence-electron chi connectivity index (χ1n) is 7.96. The van der Waals surface area contributed by atoms with Crippen LogP contribution in [-0.2, 0) is 11.3 Å². The van der Waals surface area contributed by atoms with Crippen molar-refractivity contribution in [3.05, 3.63) is 33.4 Å². The minimum absolute atomic E-state index is 0.0560. The summed E-state index contributed by atoms with van der Waals surface area (Å²) in [5, 5.41) is 1.26. The molecule has 5 nitrogen and oxygen atoms in total. The van der Waals surface area contributed by atoms with Gasteiger partial charge in [-0.3, -0.25) is 14.2 Å². The zero-order chi connectivity index (χ0) is 17.9. The van der Waals surface area contributed by atoms with E-state index in [0.717, 1.165) is 15.3 Å². The first-order valence-corrected chi connectivity index (χ1v) is 9.76. The number of carbonyl (C=O) groups excluding carboxylic acids is 1. The molecule has 0 N–H and O–H groups in total. The minimum atomic E-state index is -0.0560. The molecule has 0 aromatic carbocycles. The molecule has 24 heavy (non-hydrogen) atoms. The van der Waals surface area contributed by atoms with Gasteiger partial charge < -0.3 is 4.90 Å². The number of aromatic nitrogens is 2. The van der Waals surface area contributed by atoms with Crippen LogP contribution in [0.25, 0.3) is 10.2 Å². The third-order valence-electron chi connectivity index (χ3n) is 4.01. The highest BCUT2D eigenvalue weighted by Crippen LogP contribution is 2.28. The largest absolute Gasteiger partial charge is 0.343 e. The highest BCUT2D eigenvalue weighted by atomic mass is 32.2. The number of thiophene rings is 1. The summed E-state index contributed by atoms with van der Waals surface area (Å²) in [5.74, 6) is 0.336. The van der Waals surface area contributed by atoms with Crippen LogP contribution in [0.3, 0.4) is 0 Å². The predicted molar refractivity (Wildman–Crippen MR) is 102 cm³/mol. The summed E-state index contributed by atoms with van der Waals surface area (Å²) >= 11 is 2.84. The normalized spacial score (nSPS) is 11.0. The van der Waals surface area contributed by atoms with Crippen LogP contribution < -0.4 is 5.56 Å². The van der Waals surface area contributed by atoms with Gasteiger partial charge in [-0.1, -0.05) is 17.8 Å². The molecule has 0 aliphatic rings. The maximum absolute atomic E-state index is 12.8. The van der Waals surface area contributed by atoms with Gasteiger partial charge in [0.2, 0.25) is 5.91 Å². The lowest BCUT2D eigenvalue weighted by molar-refractivity contribution is -0.127. The van der Waals surface area contributed by atoms with E-state index in [4.69, 9.17) is 0 Å². The van der Waals surface area contributed by atoms with Gasteiger partial charge in [-0.2, -0.15) is 0 Å². The summed E-state index contributed by atoms with van der Waals surface area (Å²) in [6.07, 6.45) is 1.68. The fraction of sp³-hybridized carbons (Fsp3) is 0.471. The van der Waals surface area contributed by atoms with Gasteiger partial charge in [0.15, 0.2) is 5.16 Å². The number of thioether (sulfide) groups is 1. The standard InChI is InChI=1S/C17H23N3O2S2/c1-6-9-20-16(22)14-11(4)12(5)24-15(14)18-17(20)23-10-13(21)19(7-2)8-3/h6H,1,7-10H2,2-5H3. The van der Waals surface area contributed by atoms with Crippen LogP contribution in [-0.4, -0.2) is 39.2 Å². The Balaban J connectivity index is 2.42. The molecule has 0 saturated carbocycles. The van der Waals surface area contributed by atoms with Gasteiger partial charge >= 0.3 is 0 Å². The van der Waals surface area contributed by atoms with Crippen LogP contribution in [0, 0.1) is 13.8 Å². The molecule has 0 radical (unpaired) electrons. The highest BCUT2D eigenvalue weighted by Gasteiger charge is 2.18. The number of fused-ring (bicyclic) bond motifs is 1. The lowest BCUT2D eigenvalue weighted by atomic mass is 10.2. The maximum atomic E-state index is 12.8. The van der Waals surface area contributed by atoms with E-state index >= 15 is 0 Å². The Morgan fingerprint density at radius 1 is 1.38 bits per heavy atom. The van der Waals surface area contributed by atoms with E-state index in [9.17, 15) is 9.59 Å². The van der Waals surface area contributed by atoms with Crippen molar-refractivity contribution < 1.29 is 4.79 Å². The van der Waals surface area contributed by atoms with Crippen LogP contribution in [0.15, 0.2) is 22.6 Å². The fourth-order valence-corrected chi connectivity index (χ4v) is 4.48. The average Bonchev–Trinajstić information content (AvgIpc) is 2.84. The van der Waals surface area contributed by atoms with E-state index in [0.29, 0.717) is 30.2 Å². The molecule has 2 rings (SSSR count). The molecule has 0 saturated heterocycles. The first-order chi connectivity index (χ1) is 11.4. The number of rotatable bonds is 7. The second-order valence-corrected chi connectivity index (χ2v) is 7.56. The quantitative estimate of drug-likeness (QED) is 0.429. The second kappa shape index (κ2) is 7.98. The van der Waals surface area contributed by atoms with Gasteiger partial charge in [-0.05, 0) is 33.3 Å². The van der Waals surface area contributed by atoms with Crippen molar-refractivity contribution in [2.24, 2.45) is 0 Å². The number of carbonyl (C=O) groups is 1. The zero-order valence-electron chi connectivity index (χ0n) is 14.6. The summed E-state index contributed by atoms with van der Waals surface area (Å²) in [6.45, 7) is 13.4. The van der Waals surface area contributed by atoms with E-state index in [1.54, 1.807) is 15.5 Å². The van der Waals surface area contributed by atoms with Gasteiger partial charge in [0, 0.05) is 24.5 Å². The molecule has 0 spiro atoms. The van der Waals surface area contributed by atoms with Crippen LogP contribution in [0.4, 0.5) is 0 Å². The summed E-state index contributed by atoms with van der Waals surface area (Å²) in [6, 6.07) is 0. The molecule has 130 valence electrons. The third-order valence-corrected chi connectivity index (χ3v) is 6.07. The maximum Gasteiger partial charge on any atom is 0.263 e. The summed E-state index contributed by atoms with van der Waals surface area (Å²) in [5.41, 5.74) is 0.931. The van der Waals surface area contributed by atoms with Gasteiger partial charge in [0.05, 0.1) is 11.1 Å². The lowest BCUT2D eigenvalue weighted by Crippen LogP contribution is -2.32. The van der Waals surface area contributed by atoms with Crippen molar-refractivity contribution in [3.8, 4) is 0 Å². The zero-order valence-corrected chi connectivity index (χ0v) is 16.2. The van der Waals surface area contributed by atoms with Gasteiger partial charge in [0.1, 0.15) is 4.83 Å². The molecular formula is C17H23N3O2S2. The fourth-order valence-electron chi connectivity index (χ4n) is 2.50. The number of allylic oxidation sites excluding steroid dienone is 1. The molecule has 7 heteroatoms. The molecule has 2 heterocycles. The Hall–Kier alpha value is -1.60. The molecule has 0 bridgehead atoms. The van der Waals surface area contributed by atoms with E-state index in [1.165, 1.54) is 23.1 Å². The van der Waals surface area contributed by atoms with Crippen LogP contribution in [0.5, 0.6) is 0 Å². The molecule has 0 atom stereocenters. The number of nitrogens with zero attached hydrogens (tertiary/aromatic N) is 3. The Bertz CT molecular complexity index is 819. The first kappa shape index (κ1) is 18.7. The average molecular weight is 366 g/mol. The number of hydrogen-bond acceptors (Lipinski definition) is 5. The van der Waals surface area contributed by atoms with Gasteiger partial charge in [-0.15, -0.1) is 17.9 Å².